The quantitative estimate of drug-likeness (QED) is 0.794. The minimum absolute atomic E-state index is 0.165. The smallest absolute Gasteiger partial charge is 0.239 e. The second-order valence-corrected chi connectivity index (χ2v) is 6.61. The van der Waals surface area contributed by atoms with Gasteiger partial charge in [-0.1, -0.05) is 11.6 Å². The number of nitrogens with zero attached hydrogens (tertiary/aromatic N) is 2. The van der Waals surface area contributed by atoms with E-state index in [0.29, 0.717) is 32.7 Å². The van der Waals surface area contributed by atoms with Crippen molar-refractivity contribution in [3.63, 3.8) is 0 Å². The lowest BCUT2D eigenvalue weighted by molar-refractivity contribution is -0.132. The molecule has 6 nitrogen and oxygen atoms in total. The minimum Gasteiger partial charge on any atom is -0.379 e. The van der Waals surface area contributed by atoms with E-state index in [4.69, 9.17) is 16.3 Å². The third-order valence-electron chi connectivity index (χ3n) is 4.55. The number of morpholine rings is 1. The van der Waals surface area contributed by atoms with Gasteiger partial charge in [-0.2, -0.15) is 0 Å². The van der Waals surface area contributed by atoms with Crippen LogP contribution in [0.1, 0.15) is 6.42 Å². The van der Waals surface area contributed by atoms with Crippen molar-refractivity contribution in [2.45, 2.75) is 6.42 Å². The first-order valence-electron chi connectivity index (χ1n) is 8.40. The molecule has 8 heteroatoms. The summed E-state index contributed by atoms with van der Waals surface area (Å²) in [6.45, 7) is 4.64. The highest BCUT2D eigenvalue weighted by atomic mass is 35.5. The molecule has 0 aliphatic carbocycles. The highest BCUT2D eigenvalue weighted by Crippen LogP contribution is 2.29. The standard InChI is InChI=1S/C17H21ClFN3O3/c18-12-1-2-15(14(19)11-12)22-5-3-13(17(22)24)16(23)20-4-6-21-7-9-25-10-8-21/h1-2,11,13H,3-10H2,(H,20,23)/t13-/m0/s1. The van der Waals surface area contributed by atoms with Gasteiger partial charge in [-0.3, -0.25) is 14.5 Å². The molecule has 0 unspecified atom stereocenters. The van der Waals surface area contributed by atoms with Crippen LogP contribution in [0.2, 0.25) is 5.02 Å². The summed E-state index contributed by atoms with van der Waals surface area (Å²) in [5.41, 5.74) is 0.165. The second kappa shape index (κ2) is 8.12. The van der Waals surface area contributed by atoms with Crippen molar-refractivity contribution in [3.05, 3.63) is 29.0 Å². The second-order valence-electron chi connectivity index (χ2n) is 6.17. The van der Waals surface area contributed by atoms with Gasteiger partial charge < -0.3 is 15.0 Å². The number of rotatable bonds is 5. The number of benzene rings is 1. The van der Waals surface area contributed by atoms with Crippen molar-refractivity contribution >= 4 is 29.1 Å². The van der Waals surface area contributed by atoms with Crippen LogP contribution in [0.15, 0.2) is 18.2 Å². The zero-order chi connectivity index (χ0) is 17.8. The van der Waals surface area contributed by atoms with Crippen LogP contribution in [-0.4, -0.2) is 62.7 Å². The van der Waals surface area contributed by atoms with Crippen LogP contribution in [0.4, 0.5) is 10.1 Å². The van der Waals surface area contributed by atoms with Gasteiger partial charge in [0.1, 0.15) is 11.7 Å². The molecule has 1 N–H and O–H groups in total. The molecule has 0 radical (unpaired) electrons. The van der Waals surface area contributed by atoms with Gasteiger partial charge in [-0.25, -0.2) is 4.39 Å². The third kappa shape index (κ3) is 4.29. The third-order valence-corrected chi connectivity index (χ3v) is 4.79. The number of carbonyl (C=O) groups is 2. The Kier molecular flexibility index (Phi) is 5.88. The van der Waals surface area contributed by atoms with E-state index in [2.05, 4.69) is 10.2 Å². The number of ether oxygens (including phenoxy) is 1. The first kappa shape index (κ1) is 18.1. The summed E-state index contributed by atoms with van der Waals surface area (Å²) >= 11 is 5.74. The van der Waals surface area contributed by atoms with Crippen molar-refractivity contribution in [1.82, 2.24) is 10.2 Å². The average Bonchev–Trinajstić information content (AvgIpc) is 2.97. The summed E-state index contributed by atoms with van der Waals surface area (Å²) in [7, 11) is 0. The SMILES string of the molecule is O=C(NCCN1CCOCC1)[C@@H]1CCN(c2ccc(Cl)cc2F)C1=O. The minimum atomic E-state index is -0.764. The molecule has 1 atom stereocenters. The molecular weight excluding hydrogens is 349 g/mol. The number of hydrogen-bond donors (Lipinski definition) is 1. The molecule has 1 aromatic carbocycles. The fourth-order valence-electron chi connectivity index (χ4n) is 3.15. The monoisotopic (exact) mass is 369 g/mol. The topological polar surface area (TPSA) is 61.9 Å². The van der Waals surface area contributed by atoms with Crippen LogP contribution in [0.5, 0.6) is 0 Å². The maximum absolute atomic E-state index is 14.0. The van der Waals surface area contributed by atoms with Crippen molar-refractivity contribution < 1.29 is 18.7 Å². The van der Waals surface area contributed by atoms with Gasteiger partial charge in [0.25, 0.3) is 0 Å². The van der Waals surface area contributed by atoms with Crippen LogP contribution >= 0.6 is 11.6 Å². The van der Waals surface area contributed by atoms with Gasteiger partial charge in [-0.05, 0) is 24.6 Å². The molecule has 2 aliphatic heterocycles. The highest BCUT2D eigenvalue weighted by Gasteiger charge is 2.38. The maximum atomic E-state index is 14.0. The summed E-state index contributed by atoms with van der Waals surface area (Å²) in [6.07, 6.45) is 0.379. The van der Waals surface area contributed by atoms with E-state index in [0.717, 1.165) is 19.6 Å². The van der Waals surface area contributed by atoms with E-state index < -0.39 is 11.7 Å². The van der Waals surface area contributed by atoms with Crippen LogP contribution < -0.4 is 10.2 Å². The summed E-state index contributed by atoms with van der Waals surface area (Å²) in [5, 5.41) is 3.08. The normalized spacial score (nSPS) is 21.6. The fraction of sp³-hybridized carbons (Fsp3) is 0.529. The van der Waals surface area contributed by atoms with Gasteiger partial charge in [0, 0.05) is 37.7 Å². The molecular formula is C17H21ClFN3O3. The molecule has 2 fully saturated rings. The first-order valence-corrected chi connectivity index (χ1v) is 8.78. The molecule has 1 aromatic rings. The van der Waals surface area contributed by atoms with Crippen molar-refractivity contribution in [2.75, 3.05) is 50.8 Å². The molecule has 136 valence electrons. The Morgan fingerprint density at radius 3 is 2.80 bits per heavy atom. The van der Waals surface area contributed by atoms with E-state index in [-0.39, 0.29) is 22.5 Å². The van der Waals surface area contributed by atoms with Crippen LogP contribution in [-0.2, 0) is 14.3 Å². The molecule has 0 saturated carbocycles. The maximum Gasteiger partial charge on any atom is 0.239 e. The Bertz CT molecular complexity index is 652. The Hall–Kier alpha value is -1.70. The Morgan fingerprint density at radius 1 is 1.32 bits per heavy atom. The summed E-state index contributed by atoms with van der Waals surface area (Å²) in [4.78, 5) is 28.3. The lowest BCUT2D eigenvalue weighted by Crippen LogP contribution is -2.43. The number of nitrogens with one attached hydrogen (secondary N) is 1. The number of halogens is 2. The number of amides is 2. The Labute approximate surface area is 150 Å². The van der Waals surface area contributed by atoms with Crippen LogP contribution in [0.3, 0.4) is 0 Å². The molecule has 2 saturated heterocycles. The van der Waals surface area contributed by atoms with Crippen molar-refractivity contribution in [1.29, 1.82) is 0 Å². The first-order chi connectivity index (χ1) is 12.1. The van der Waals surface area contributed by atoms with Gasteiger partial charge >= 0.3 is 0 Å². The zero-order valence-corrected chi connectivity index (χ0v) is 14.6. The van der Waals surface area contributed by atoms with Gasteiger partial charge in [0.15, 0.2) is 0 Å². The highest BCUT2D eigenvalue weighted by molar-refractivity contribution is 6.30. The molecule has 3 rings (SSSR count). The predicted molar refractivity (Wildman–Crippen MR) is 92.1 cm³/mol. The van der Waals surface area contributed by atoms with Gasteiger partial charge in [-0.15, -0.1) is 0 Å². The lowest BCUT2D eigenvalue weighted by atomic mass is 10.1. The Balaban J connectivity index is 1.53. The van der Waals surface area contributed by atoms with E-state index in [1.54, 1.807) is 0 Å². The predicted octanol–water partition coefficient (Wildman–Crippen LogP) is 1.28. The molecule has 2 heterocycles. The Morgan fingerprint density at radius 2 is 2.08 bits per heavy atom. The van der Waals surface area contributed by atoms with Crippen molar-refractivity contribution in [2.24, 2.45) is 5.92 Å². The van der Waals surface area contributed by atoms with Crippen LogP contribution in [0.25, 0.3) is 0 Å². The number of carbonyl (C=O) groups excluding carboxylic acids is 2. The summed E-state index contributed by atoms with van der Waals surface area (Å²) < 4.78 is 19.3. The molecule has 0 aromatic heterocycles. The van der Waals surface area contributed by atoms with Crippen LogP contribution in [0, 0.1) is 11.7 Å². The lowest BCUT2D eigenvalue weighted by Gasteiger charge is -2.26. The molecule has 0 bridgehead atoms. The fourth-order valence-corrected chi connectivity index (χ4v) is 3.31. The molecule has 0 spiro atoms. The van der Waals surface area contributed by atoms with E-state index in [9.17, 15) is 14.0 Å². The van der Waals surface area contributed by atoms with Gasteiger partial charge in [0.2, 0.25) is 11.8 Å². The van der Waals surface area contributed by atoms with Gasteiger partial charge in [0.05, 0.1) is 18.9 Å². The van der Waals surface area contributed by atoms with E-state index in [1.807, 2.05) is 0 Å². The van der Waals surface area contributed by atoms with E-state index in [1.165, 1.54) is 23.1 Å². The largest absolute Gasteiger partial charge is 0.379 e. The summed E-state index contributed by atoms with van der Waals surface area (Å²) in [5.74, 6) is -1.99. The van der Waals surface area contributed by atoms with E-state index >= 15 is 0 Å². The number of hydrogen-bond acceptors (Lipinski definition) is 4. The average molecular weight is 370 g/mol. The number of anilines is 1. The van der Waals surface area contributed by atoms with Crippen molar-refractivity contribution in [3.8, 4) is 0 Å². The molecule has 25 heavy (non-hydrogen) atoms. The molecule has 2 amide bonds. The summed E-state index contributed by atoms with van der Waals surface area (Å²) in [6, 6.07) is 4.16. The molecule has 2 aliphatic rings. The zero-order valence-electron chi connectivity index (χ0n) is 13.8.